The summed E-state index contributed by atoms with van der Waals surface area (Å²) >= 11 is 12.3. The molecule has 3 aromatic carbocycles. The number of pyridine rings is 1. The Hall–Kier alpha value is -3.06. The fourth-order valence-electron chi connectivity index (χ4n) is 4.33. The lowest BCUT2D eigenvalue weighted by Crippen LogP contribution is -2.29. The number of halogens is 5. The van der Waals surface area contributed by atoms with Crippen LogP contribution in [0.1, 0.15) is 33.5 Å². The van der Waals surface area contributed by atoms with Crippen molar-refractivity contribution in [2.24, 2.45) is 0 Å². The number of hydrogen-bond donors (Lipinski definition) is 0. The maximum absolute atomic E-state index is 13.3. The number of aromatic nitrogens is 1. The van der Waals surface area contributed by atoms with Crippen LogP contribution in [-0.4, -0.2) is 4.98 Å². The van der Waals surface area contributed by atoms with Crippen molar-refractivity contribution in [1.82, 2.24) is 4.98 Å². The second-order valence-electron chi connectivity index (χ2n) is 8.03. The topological polar surface area (TPSA) is 31.4 Å². The van der Waals surface area contributed by atoms with Gasteiger partial charge in [-0.05, 0) is 47.5 Å². The van der Waals surface area contributed by atoms with E-state index in [1.807, 2.05) is 30.3 Å². The van der Waals surface area contributed by atoms with E-state index in [2.05, 4.69) is 4.98 Å². The van der Waals surface area contributed by atoms with Gasteiger partial charge < -0.3 is 9.47 Å². The molecule has 0 bridgehead atoms. The van der Waals surface area contributed by atoms with E-state index in [1.54, 1.807) is 30.5 Å². The molecule has 1 unspecified atom stereocenters. The molecule has 0 amide bonds. The van der Waals surface area contributed by atoms with Crippen LogP contribution in [0.5, 0.6) is 11.5 Å². The van der Waals surface area contributed by atoms with Gasteiger partial charge in [-0.15, -0.1) is 11.6 Å². The van der Waals surface area contributed by atoms with Gasteiger partial charge in [0.2, 0.25) is 0 Å². The Morgan fingerprint density at radius 2 is 1.54 bits per heavy atom. The molecule has 0 saturated heterocycles. The number of fused-ring (bicyclic) bond motifs is 1. The van der Waals surface area contributed by atoms with E-state index in [0.717, 1.165) is 17.7 Å². The van der Waals surface area contributed by atoms with Crippen LogP contribution in [0, 0.1) is 0 Å². The maximum atomic E-state index is 13.3. The summed E-state index contributed by atoms with van der Waals surface area (Å²) in [5.41, 5.74) is 1.21. The fraction of sp³-hybridized carbons (Fsp3) is 0.148. The van der Waals surface area contributed by atoms with Gasteiger partial charge in [0.15, 0.2) is 5.75 Å². The van der Waals surface area contributed by atoms with Crippen molar-refractivity contribution in [1.29, 1.82) is 0 Å². The van der Waals surface area contributed by atoms with Gasteiger partial charge in [-0.1, -0.05) is 54.1 Å². The molecule has 0 spiro atoms. The average Bonchev–Trinajstić information content (AvgIpc) is 3.26. The first-order chi connectivity index (χ1) is 16.8. The van der Waals surface area contributed by atoms with E-state index in [9.17, 15) is 13.2 Å². The summed E-state index contributed by atoms with van der Waals surface area (Å²) in [5, 5.41) is 0.526. The van der Waals surface area contributed by atoms with E-state index < -0.39 is 17.3 Å². The van der Waals surface area contributed by atoms with E-state index in [0.29, 0.717) is 38.9 Å². The van der Waals surface area contributed by atoms with E-state index in [1.165, 1.54) is 12.1 Å². The van der Waals surface area contributed by atoms with Gasteiger partial charge in [-0.3, -0.25) is 4.98 Å². The van der Waals surface area contributed by atoms with Gasteiger partial charge in [-0.25, -0.2) is 0 Å². The smallest absolute Gasteiger partial charge is 0.416 e. The first-order valence-corrected chi connectivity index (χ1v) is 11.6. The summed E-state index contributed by atoms with van der Waals surface area (Å²) in [6, 6.07) is 21.2. The third-order valence-electron chi connectivity index (χ3n) is 5.98. The lowest BCUT2D eigenvalue weighted by atomic mass is 9.80. The molecule has 178 valence electrons. The number of benzene rings is 3. The predicted octanol–water partition coefficient (Wildman–Crippen LogP) is 8.11. The third-order valence-corrected chi connectivity index (χ3v) is 6.49. The third kappa shape index (κ3) is 4.27. The minimum atomic E-state index is -4.45. The molecule has 2 heterocycles. The summed E-state index contributed by atoms with van der Waals surface area (Å²) in [6.07, 6.45) is -2.79. The molecule has 0 radical (unpaired) electrons. The lowest BCUT2D eigenvalue weighted by Gasteiger charge is -2.31. The number of ether oxygens (including phenoxy) is 2. The van der Waals surface area contributed by atoms with E-state index in [-0.39, 0.29) is 12.5 Å². The SMILES string of the molecule is FC(F)(F)c1ccc(C2(c3ccc(Cl)cc3)OCc3c2cnc(CCl)c3Oc2ccccc2)cc1. The molecule has 0 fully saturated rings. The monoisotopic (exact) mass is 515 g/mol. The molecule has 8 heteroatoms. The minimum Gasteiger partial charge on any atom is -0.455 e. The second kappa shape index (κ2) is 9.19. The Labute approximate surface area is 210 Å². The predicted molar refractivity (Wildman–Crippen MR) is 128 cm³/mol. The van der Waals surface area contributed by atoms with Crippen molar-refractivity contribution >= 4 is 23.2 Å². The van der Waals surface area contributed by atoms with E-state index in [4.69, 9.17) is 32.7 Å². The van der Waals surface area contributed by atoms with Crippen molar-refractivity contribution in [3.8, 4) is 11.5 Å². The largest absolute Gasteiger partial charge is 0.455 e. The highest BCUT2D eigenvalue weighted by Crippen LogP contribution is 2.50. The van der Waals surface area contributed by atoms with Gasteiger partial charge in [0.25, 0.3) is 0 Å². The Balaban J connectivity index is 1.71. The van der Waals surface area contributed by atoms with Crippen molar-refractivity contribution in [2.75, 3.05) is 0 Å². The van der Waals surface area contributed by atoms with Crippen molar-refractivity contribution < 1.29 is 22.6 Å². The van der Waals surface area contributed by atoms with E-state index >= 15 is 0 Å². The van der Waals surface area contributed by atoms with Gasteiger partial charge in [-0.2, -0.15) is 13.2 Å². The summed E-state index contributed by atoms with van der Waals surface area (Å²) < 4.78 is 52.4. The van der Waals surface area contributed by atoms with Gasteiger partial charge in [0.1, 0.15) is 11.4 Å². The number of nitrogens with zero attached hydrogens (tertiary/aromatic N) is 1. The van der Waals surface area contributed by atoms with Crippen LogP contribution in [0.4, 0.5) is 13.2 Å². The molecular formula is C27H18Cl2F3NO2. The second-order valence-corrected chi connectivity index (χ2v) is 8.73. The van der Waals surface area contributed by atoms with Crippen molar-refractivity contribution in [3.05, 3.63) is 124 Å². The number of hydrogen-bond acceptors (Lipinski definition) is 3. The molecule has 1 atom stereocenters. The molecule has 0 aliphatic carbocycles. The molecule has 4 aromatic rings. The van der Waals surface area contributed by atoms with Gasteiger partial charge in [0, 0.05) is 22.3 Å². The number of alkyl halides is 4. The molecule has 3 nitrogen and oxygen atoms in total. The zero-order valence-electron chi connectivity index (χ0n) is 18.2. The molecule has 1 aliphatic heterocycles. The lowest BCUT2D eigenvalue weighted by molar-refractivity contribution is -0.137. The molecule has 0 N–H and O–H groups in total. The molecule has 0 saturated carbocycles. The molecule has 5 rings (SSSR count). The summed E-state index contributed by atoms with van der Waals surface area (Å²) in [7, 11) is 0. The van der Waals surface area contributed by atoms with Crippen molar-refractivity contribution in [2.45, 2.75) is 24.3 Å². The highest BCUT2D eigenvalue weighted by atomic mass is 35.5. The molecular weight excluding hydrogens is 498 g/mol. The Morgan fingerprint density at radius 1 is 0.914 bits per heavy atom. The Morgan fingerprint density at radius 3 is 2.14 bits per heavy atom. The van der Waals surface area contributed by atoms with Gasteiger partial charge in [0.05, 0.1) is 23.7 Å². The zero-order chi connectivity index (χ0) is 24.6. The average molecular weight is 516 g/mol. The summed E-state index contributed by atoms with van der Waals surface area (Å²) in [6.45, 7) is 0.146. The first-order valence-electron chi connectivity index (χ1n) is 10.7. The maximum Gasteiger partial charge on any atom is 0.416 e. The number of para-hydroxylation sites is 1. The Bertz CT molecular complexity index is 1340. The van der Waals surface area contributed by atoms with Gasteiger partial charge >= 0.3 is 6.18 Å². The van der Waals surface area contributed by atoms with Crippen LogP contribution in [0.15, 0.2) is 85.1 Å². The Kier molecular flexibility index (Phi) is 6.21. The first kappa shape index (κ1) is 23.7. The molecule has 35 heavy (non-hydrogen) atoms. The molecule has 1 aromatic heterocycles. The van der Waals surface area contributed by atoms with Crippen LogP contribution >= 0.6 is 23.2 Å². The standard InChI is InChI=1S/C27H18Cl2F3NO2/c28-14-24-25(35-21-4-2-1-3-5-21)22-16-34-26(23(22)15-33-24,18-10-12-20(29)13-11-18)17-6-8-19(9-7-17)27(30,31)32/h1-13,15H,14,16H2. The highest BCUT2D eigenvalue weighted by molar-refractivity contribution is 6.30. The van der Waals surface area contributed by atoms with Crippen LogP contribution in [-0.2, 0) is 29.0 Å². The number of rotatable bonds is 5. The van der Waals surface area contributed by atoms with Crippen LogP contribution in [0.3, 0.4) is 0 Å². The molecule has 1 aliphatic rings. The van der Waals surface area contributed by atoms with Crippen LogP contribution in [0.2, 0.25) is 5.02 Å². The highest BCUT2D eigenvalue weighted by Gasteiger charge is 2.46. The normalized spacial score (nSPS) is 17.3. The quantitative estimate of drug-likeness (QED) is 0.251. The van der Waals surface area contributed by atoms with Crippen LogP contribution in [0.25, 0.3) is 0 Å². The fourth-order valence-corrected chi connectivity index (χ4v) is 4.64. The summed E-state index contributed by atoms with van der Waals surface area (Å²) in [5.74, 6) is 1.20. The zero-order valence-corrected chi connectivity index (χ0v) is 19.7. The van der Waals surface area contributed by atoms with Crippen molar-refractivity contribution in [3.63, 3.8) is 0 Å². The minimum absolute atomic E-state index is 0.115. The summed E-state index contributed by atoms with van der Waals surface area (Å²) in [4.78, 5) is 4.54. The van der Waals surface area contributed by atoms with Crippen LogP contribution < -0.4 is 4.74 Å².